The van der Waals surface area contributed by atoms with E-state index in [0.717, 1.165) is 24.8 Å². The molecule has 1 atom stereocenters. The zero-order valence-electron chi connectivity index (χ0n) is 16.2. The number of benzene rings is 2. The van der Waals surface area contributed by atoms with Gasteiger partial charge in [-0.05, 0) is 48.4 Å². The van der Waals surface area contributed by atoms with Crippen LogP contribution in [0.25, 0.3) is 0 Å². The number of aryl methyl sites for hydroxylation is 1. The number of hydrogen-bond donors (Lipinski definition) is 0. The summed E-state index contributed by atoms with van der Waals surface area (Å²) in [6, 6.07) is 13.3. The van der Waals surface area contributed by atoms with Gasteiger partial charge < -0.3 is 0 Å². The predicted molar refractivity (Wildman–Crippen MR) is 108 cm³/mol. The molecule has 137 valence electrons. The van der Waals surface area contributed by atoms with E-state index in [2.05, 4.69) is 20.8 Å². The first-order valence-corrected chi connectivity index (χ1v) is 9.76. The first-order valence-electron chi connectivity index (χ1n) is 9.76. The Morgan fingerprint density at radius 3 is 2.35 bits per heavy atom. The van der Waals surface area contributed by atoms with Crippen LogP contribution in [0.1, 0.15) is 91.4 Å². The van der Waals surface area contributed by atoms with Crippen molar-refractivity contribution in [3.05, 3.63) is 70.3 Å². The van der Waals surface area contributed by atoms with E-state index in [4.69, 9.17) is 0 Å². The van der Waals surface area contributed by atoms with Crippen LogP contribution >= 0.6 is 0 Å². The van der Waals surface area contributed by atoms with Crippen LogP contribution < -0.4 is 0 Å². The Bertz CT molecular complexity index is 728. The van der Waals surface area contributed by atoms with Gasteiger partial charge in [-0.3, -0.25) is 9.59 Å². The first kappa shape index (κ1) is 20.1. The van der Waals surface area contributed by atoms with Crippen LogP contribution in [-0.2, 0) is 11.2 Å². The molecular formula is C24H29O2. The highest BCUT2D eigenvalue weighted by Crippen LogP contribution is 2.24. The molecule has 0 aliphatic carbocycles. The van der Waals surface area contributed by atoms with E-state index in [0.29, 0.717) is 22.6 Å². The summed E-state index contributed by atoms with van der Waals surface area (Å²) in [5.74, 6) is 0.266. The summed E-state index contributed by atoms with van der Waals surface area (Å²) in [6.45, 7) is 6.50. The summed E-state index contributed by atoms with van der Waals surface area (Å²) in [5.41, 5.74) is 3.78. The van der Waals surface area contributed by atoms with Crippen LogP contribution in [0.15, 0.2) is 42.5 Å². The van der Waals surface area contributed by atoms with Crippen LogP contribution in [0, 0.1) is 0 Å². The van der Waals surface area contributed by atoms with Gasteiger partial charge in [-0.15, -0.1) is 0 Å². The fourth-order valence-corrected chi connectivity index (χ4v) is 3.30. The van der Waals surface area contributed by atoms with Gasteiger partial charge in [0.05, 0.1) is 0 Å². The minimum Gasteiger partial charge on any atom is -0.289 e. The summed E-state index contributed by atoms with van der Waals surface area (Å²) in [6.07, 6.45) is 8.71. The smallest absolute Gasteiger partial charge is 0.234 e. The van der Waals surface area contributed by atoms with E-state index in [-0.39, 0.29) is 5.78 Å². The van der Waals surface area contributed by atoms with Gasteiger partial charge >= 0.3 is 0 Å². The van der Waals surface area contributed by atoms with Gasteiger partial charge in [0.25, 0.3) is 0 Å². The van der Waals surface area contributed by atoms with Gasteiger partial charge in [-0.2, -0.15) is 0 Å². The Balaban J connectivity index is 2.24. The molecule has 0 aliphatic heterocycles. The third-order valence-electron chi connectivity index (χ3n) is 4.97. The van der Waals surface area contributed by atoms with Gasteiger partial charge in [-0.25, -0.2) is 0 Å². The highest BCUT2D eigenvalue weighted by Gasteiger charge is 2.16. The van der Waals surface area contributed by atoms with Crippen molar-refractivity contribution in [3.63, 3.8) is 0 Å². The predicted octanol–water partition coefficient (Wildman–Crippen LogP) is 6.01. The van der Waals surface area contributed by atoms with E-state index in [1.165, 1.54) is 24.8 Å². The number of rotatable bonds is 10. The molecular weight excluding hydrogens is 320 g/mol. The van der Waals surface area contributed by atoms with Crippen molar-refractivity contribution in [2.24, 2.45) is 0 Å². The van der Waals surface area contributed by atoms with E-state index in [1.807, 2.05) is 42.7 Å². The van der Waals surface area contributed by atoms with Crippen molar-refractivity contribution >= 4 is 12.1 Å². The van der Waals surface area contributed by atoms with Gasteiger partial charge in [0.1, 0.15) is 0 Å². The van der Waals surface area contributed by atoms with Crippen molar-refractivity contribution in [1.29, 1.82) is 0 Å². The van der Waals surface area contributed by atoms with E-state index >= 15 is 0 Å². The van der Waals surface area contributed by atoms with Crippen molar-refractivity contribution < 1.29 is 9.59 Å². The quantitative estimate of drug-likeness (QED) is 0.389. The second-order valence-corrected chi connectivity index (χ2v) is 7.08. The number of unbranched alkanes of at least 4 members (excludes halogenated alkanes) is 2. The second-order valence-electron chi connectivity index (χ2n) is 7.08. The molecule has 0 aliphatic rings. The van der Waals surface area contributed by atoms with Crippen LogP contribution in [0.4, 0.5) is 0 Å². The molecule has 2 rings (SSSR count). The molecule has 0 spiro atoms. The SMILES string of the molecule is CCCCCc1ccc(C(=O)c2cc(C(C)CCC)ccc2[C]=O)cc1. The molecule has 26 heavy (non-hydrogen) atoms. The normalized spacial score (nSPS) is 12.0. The number of carbonyl (C=O) groups is 1. The number of carbonyl (C=O) groups excluding carboxylic acids is 2. The molecule has 2 aromatic carbocycles. The third-order valence-corrected chi connectivity index (χ3v) is 4.97. The van der Waals surface area contributed by atoms with Crippen LogP contribution in [0.5, 0.6) is 0 Å². The summed E-state index contributed by atoms with van der Waals surface area (Å²) < 4.78 is 0. The van der Waals surface area contributed by atoms with Gasteiger partial charge in [0, 0.05) is 16.7 Å². The maximum absolute atomic E-state index is 13.0. The van der Waals surface area contributed by atoms with Crippen LogP contribution in [0.2, 0.25) is 0 Å². The third kappa shape index (κ3) is 5.14. The number of hydrogen-bond acceptors (Lipinski definition) is 2. The van der Waals surface area contributed by atoms with Gasteiger partial charge in [-0.1, -0.05) is 70.4 Å². The lowest BCUT2D eigenvalue weighted by atomic mass is 9.90. The summed E-state index contributed by atoms with van der Waals surface area (Å²) in [4.78, 5) is 24.2. The Kier molecular flexibility index (Phi) is 7.77. The average Bonchev–Trinajstić information content (AvgIpc) is 2.68. The van der Waals surface area contributed by atoms with Gasteiger partial charge in [0.15, 0.2) is 5.78 Å². The lowest BCUT2D eigenvalue weighted by molar-refractivity contribution is 0.103. The topological polar surface area (TPSA) is 34.1 Å². The molecule has 0 saturated carbocycles. The zero-order valence-corrected chi connectivity index (χ0v) is 16.2. The maximum Gasteiger partial charge on any atom is 0.234 e. The Morgan fingerprint density at radius 2 is 1.73 bits per heavy atom. The Morgan fingerprint density at radius 1 is 1.00 bits per heavy atom. The molecule has 1 unspecified atom stereocenters. The molecule has 1 radical (unpaired) electrons. The number of ketones is 1. The molecule has 0 N–H and O–H groups in total. The minimum atomic E-state index is -0.103. The molecule has 0 fully saturated rings. The molecule has 0 heterocycles. The fourth-order valence-electron chi connectivity index (χ4n) is 3.30. The molecule has 0 aromatic heterocycles. The average molecular weight is 349 g/mol. The lowest BCUT2D eigenvalue weighted by Crippen LogP contribution is -2.07. The standard InChI is InChI=1S/C24H29O2/c1-4-6-7-9-19-10-12-20(13-11-19)24(26)23-16-21(18(3)8-5-2)14-15-22(23)17-25/h10-16,18H,4-9H2,1-3H3. The Labute approximate surface area is 157 Å². The van der Waals surface area contributed by atoms with Crippen LogP contribution in [-0.4, -0.2) is 12.1 Å². The summed E-state index contributed by atoms with van der Waals surface area (Å²) in [5, 5.41) is 0. The van der Waals surface area contributed by atoms with E-state index in [9.17, 15) is 9.59 Å². The Hall–Kier alpha value is -2.22. The highest BCUT2D eigenvalue weighted by atomic mass is 16.1. The molecule has 2 heteroatoms. The van der Waals surface area contributed by atoms with Gasteiger partial charge in [0.2, 0.25) is 6.29 Å². The lowest BCUT2D eigenvalue weighted by Gasteiger charge is -2.13. The van der Waals surface area contributed by atoms with Crippen molar-refractivity contribution in [3.8, 4) is 0 Å². The monoisotopic (exact) mass is 349 g/mol. The minimum absolute atomic E-state index is 0.103. The van der Waals surface area contributed by atoms with Crippen molar-refractivity contribution in [1.82, 2.24) is 0 Å². The molecule has 0 amide bonds. The van der Waals surface area contributed by atoms with E-state index < -0.39 is 0 Å². The molecule has 2 aromatic rings. The zero-order chi connectivity index (χ0) is 18.9. The van der Waals surface area contributed by atoms with Crippen molar-refractivity contribution in [2.45, 2.75) is 65.2 Å². The second kappa shape index (κ2) is 10.1. The van der Waals surface area contributed by atoms with Crippen molar-refractivity contribution in [2.75, 3.05) is 0 Å². The fraction of sp³-hybridized carbons (Fsp3) is 0.417. The molecule has 2 nitrogen and oxygen atoms in total. The summed E-state index contributed by atoms with van der Waals surface area (Å²) in [7, 11) is 0. The van der Waals surface area contributed by atoms with Crippen LogP contribution in [0.3, 0.4) is 0 Å². The highest BCUT2D eigenvalue weighted by molar-refractivity contribution is 6.12. The van der Waals surface area contributed by atoms with E-state index in [1.54, 1.807) is 6.07 Å². The first-order chi connectivity index (χ1) is 12.6. The maximum atomic E-state index is 13.0. The largest absolute Gasteiger partial charge is 0.289 e. The molecule has 0 saturated heterocycles. The molecule has 0 bridgehead atoms. The summed E-state index contributed by atoms with van der Waals surface area (Å²) >= 11 is 0.